The molecule has 0 unspecified atom stereocenters. The first-order valence-electron chi connectivity index (χ1n) is 3.77. The van der Waals surface area contributed by atoms with Gasteiger partial charge in [0.25, 0.3) is 0 Å². The minimum absolute atomic E-state index is 0.561. The van der Waals surface area contributed by atoms with E-state index in [1.54, 1.807) is 0 Å². The maximum Gasteiger partial charge on any atom is 0.0725 e. The summed E-state index contributed by atoms with van der Waals surface area (Å²) < 4.78 is 2.03. The summed E-state index contributed by atoms with van der Waals surface area (Å²) in [6, 6.07) is 0.561. The zero-order valence-electron chi connectivity index (χ0n) is 6.12. The lowest BCUT2D eigenvalue weighted by Crippen LogP contribution is -2.15. The molecule has 0 saturated heterocycles. The summed E-state index contributed by atoms with van der Waals surface area (Å²) in [5.74, 6) is 0. The molecule has 1 atom stereocenters. The van der Waals surface area contributed by atoms with Gasteiger partial charge in [0.2, 0.25) is 0 Å². The number of aromatic nitrogens is 3. The van der Waals surface area contributed by atoms with Crippen LogP contribution in [0, 0.1) is 0 Å². The Balaban J connectivity index is 2.41. The molecule has 2 heterocycles. The van der Waals surface area contributed by atoms with Gasteiger partial charge in [0.1, 0.15) is 0 Å². The van der Waals surface area contributed by atoms with Crippen LogP contribution in [0.25, 0.3) is 0 Å². The van der Waals surface area contributed by atoms with Crippen molar-refractivity contribution in [1.29, 1.82) is 0 Å². The van der Waals surface area contributed by atoms with E-state index in [9.17, 15) is 0 Å². The lowest BCUT2D eigenvalue weighted by Gasteiger charge is -2.18. The Morgan fingerprint density at radius 1 is 1.70 bits per heavy atom. The maximum atomic E-state index is 4.00. The van der Waals surface area contributed by atoms with Crippen LogP contribution >= 0.6 is 0 Å². The van der Waals surface area contributed by atoms with Crippen LogP contribution in [0.3, 0.4) is 0 Å². The van der Waals surface area contributed by atoms with Gasteiger partial charge in [0.15, 0.2) is 0 Å². The van der Waals surface area contributed by atoms with E-state index in [2.05, 4.69) is 17.2 Å². The summed E-state index contributed by atoms with van der Waals surface area (Å²) in [5.41, 5.74) is 1.29. The normalized spacial score (nSPS) is 24.3. The molecule has 0 aromatic carbocycles. The number of hydrogen-bond donors (Lipinski definition) is 0. The molecule has 0 N–H and O–H groups in total. The number of aryl methyl sites for hydroxylation is 1. The summed E-state index contributed by atoms with van der Waals surface area (Å²) in [5, 5.41) is 7.87. The summed E-state index contributed by atoms with van der Waals surface area (Å²) in [6.45, 7) is 2.19. The molecule has 0 spiro atoms. The van der Waals surface area contributed by atoms with Gasteiger partial charge in [0.05, 0.1) is 17.9 Å². The van der Waals surface area contributed by atoms with Gasteiger partial charge in [-0.1, -0.05) is 5.21 Å². The van der Waals surface area contributed by atoms with Gasteiger partial charge in [-0.2, -0.15) is 0 Å². The third-order valence-corrected chi connectivity index (χ3v) is 2.12. The van der Waals surface area contributed by atoms with Crippen molar-refractivity contribution in [3.8, 4) is 0 Å². The minimum atomic E-state index is 0.561. The Kier molecular flexibility index (Phi) is 1.22. The van der Waals surface area contributed by atoms with E-state index in [1.807, 2.05) is 10.9 Å². The van der Waals surface area contributed by atoms with E-state index in [1.165, 1.54) is 18.5 Å². The van der Waals surface area contributed by atoms with Gasteiger partial charge in [-0.15, -0.1) is 5.10 Å². The fourth-order valence-corrected chi connectivity index (χ4v) is 1.52. The number of rotatable bonds is 0. The first kappa shape index (κ1) is 5.89. The zero-order chi connectivity index (χ0) is 6.97. The topological polar surface area (TPSA) is 30.7 Å². The first-order chi connectivity index (χ1) is 4.88. The number of hydrogen-bond acceptors (Lipinski definition) is 2. The Labute approximate surface area is 60.0 Å². The van der Waals surface area contributed by atoms with Crippen molar-refractivity contribution in [2.24, 2.45) is 0 Å². The second-order valence-electron chi connectivity index (χ2n) is 2.91. The predicted octanol–water partition coefficient (Wildman–Crippen LogP) is 1.18. The highest BCUT2D eigenvalue weighted by Gasteiger charge is 2.15. The molecule has 1 aliphatic heterocycles. The summed E-state index contributed by atoms with van der Waals surface area (Å²) in [7, 11) is 0. The third-order valence-electron chi connectivity index (χ3n) is 2.12. The second kappa shape index (κ2) is 2.08. The van der Waals surface area contributed by atoms with Crippen LogP contribution in [-0.2, 0) is 6.42 Å². The largest absolute Gasteiger partial charge is 0.247 e. The Hall–Kier alpha value is -0.860. The fourth-order valence-electron chi connectivity index (χ4n) is 1.52. The molecule has 54 valence electrons. The fraction of sp³-hybridized carbons (Fsp3) is 0.714. The van der Waals surface area contributed by atoms with Crippen LogP contribution in [0.15, 0.2) is 6.20 Å². The molecule has 1 aliphatic rings. The molecule has 0 bridgehead atoms. The zero-order valence-corrected chi connectivity index (χ0v) is 6.12. The molecule has 3 nitrogen and oxygen atoms in total. The molecule has 1 aromatic heterocycles. The summed E-state index contributed by atoms with van der Waals surface area (Å²) in [6.07, 6.45) is 5.55. The Morgan fingerprint density at radius 2 is 2.60 bits per heavy atom. The predicted molar refractivity (Wildman–Crippen MR) is 37.7 cm³/mol. The highest BCUT2D eigenvalue weighted by molar-refractivity contribution is 4.98. The highest BCUT2D eigenvalue weighted by Crippen LogP contribution is 2.21. The SMILES string of the molecule is C[C@@H]1CCCc2cnnn21. The van der Waals surface area contributed by atoms with E-state index < -0.39 is 0 Å². The molecule has 2 rings (SSSR count). The highest BCUT2D eigenvalue weighted by atomic mass is 15.4. The summed E-state index contributed by atoms with van der Waals surface area (Å²) >= 11 is 0. The third kappa shape index (κ3) is 0.735. The molecule has 0 fully saturated rings. The standard InChI is InChI=1S/C7H11N3/c1-6-3-2-4-7-5-8-9-10(6)7/h5-6H,2-4H2,1H3/t6-/m1/s1. The van der Waals surface area contributed by atoms with E-state index >= 15 is 0 Å². The average Bonchev–Trinajstić information content (AvgIpc) is 2.36. The van der Waals surface area contributed by atoms with Crippen molar-refractivity contribution >= 4 is 0 Å². The van der Waals surface area contributed by atoms with Crippen LogP contribution in [0.1, 0.15) is 31.5 Å². The molecule has 1 aromatic rings. The van der Waals surface area contributed by atoms with Crippen LogP contribution in [-0.4, -0.2) is 15.0 Å². The molecular weight excluding hydrogens is 126 g/mol. The van der Waals surface area contributed by atoms with Crippen LogP contribution in [0.4, 0.5) is 0 Å². The number of fused-ring (bicyclic) bond motifs is 1. The van der Waals surface area contributed by atoms with E-state index in [0.29, 0.717) is 6.04 Å². The van der Waals surface area contributed by atoms with Gasteiger partial charge in [0, 0.05) is 0 Å². The van der Waals surface area contributed by atoms with Crippen LogP contribution < -0.4 is 0 Å². The number of nitrogens with zero attached hydrogens (tertiary/aromatic N) is 3. The quantitative estimate of drug-likeness (QED) is 0.537. The lowest BCUT2D eigenvalue weighted by atomic mass is 10.1. The first-order valence-corrected chi connectivity index (χ1v) is 3.77. The van der Waals surface area contributed by atoms with Crippen LogP contribution in [0.2, 0.25) is 0 Å². The minimum Gasteiger partial charge on any atom is -0.247 e. The molecule has 10 heavy (non-hydrogen) atoms. The van der Waals surface area contributed by atoms with Crippen molar-refractivity contribution in [1.82, 2.24) is 15.0 Å². The van der Waals surface area contributed by atoms with Gasteiger partial charge in [-0.05, 0) is 26.2 Å². The van der Waals surface area contributed by atoms with E-state index in [4.69, 9.17) is 0 Å². The van der Waals surface area contributed by atoms with Crippen molar-refractivity contribution in [3.05, 3.63) is 11.9 Å². The smallest absolute Gasteiger partial charge is 0.0725 e. The van der Waals surface area contributed by atoms with Gasteiger partial charge in [-0.3, -0.25) is 0 Å². The van der Waals surface area contributed by atoms with Gasteiger partial charge >= 0.3 is 0 Å². The molecule has 0 aliphatic carbocycles. The van der Waals surface area contributed by atoms with E-state index in [-0.39, 0.29) is 0 Å². The van der Waals surface area contributed by atoms with Crippen molar-refractivity contribution in [2.75, 3.05) is 0 Å². The van der Waals surface area contributed by atoms with Gasteiger partial charge < -0.3 is 0 Å². The Bertz CT molecular complexity index is 229. The van der Waals surface area contributed by atoms with Crippen LogP contribution in [0.5, 0.6) is 0 Å². The molecule has 0 saturated carbocycles. The molecule has 0 radical (unpaired) electrons. The van der Waals surface area contributed by atoms with Crippen molar-refractivity contribution < 1.29 is 0 Å². The van der Waals surface area contributed by atoms with Gasteiger partial charge in [-0.25, -0.2) is 4.68 Å². The molecule has 3 heteroatoms. The average molecular weight is 137 g/mol. The van der Waals surface area contributed by atoms with Crippen molar-refractivity contribution in [3.63, 3.8) is 0 Å². The monoisotopic (exact) mass is 137 g/mol. The second-order valence-corrected chi connectivity index (χ2v) is 2.91. The molecule has 0 amide bonds. The lowest BCUT2D eigenvalue weighted by molar-refractivity contribution is 0.386. The van der Waals surface area contributed by atoms with Crippen molar-refractivity contribution in [2.45, 2.75) is 32.2 Å². The molecular formula is C7H11N3. The van der Waals surface area contributed by atoms with E-state index in [0.717, 1.165) is 6.42 Å². The maximum absolute atomic E-state index is 4.00. The summed E-state index contributed by atoms with van der Waals surface area (Å²) in [4.78, 5) is 0. The Morgan fingerprint density at radius 3 is 3.40 bits per heavy atom.